The van der Waals surface area contributed by atoms with Gasteiger partial charge in [0.2, 0.25) is 0 Å². The molecule has 48 valence electrons. The molecule has 1 heteroatoms. The van der Waals surface area contributed by atoms with Crippen LogP contribution in [0, 0.1) is 17.2 Å². The summed E-state index contributed by atoms with van der Waals surface area (Å²) in [4.78, 5) is 0. The quantitative estimate of drug-likeness (QED) is 0.514. The van der Waals surface area contributed by atoms with Crippen molar-refractivity contribution in [3.05, 3.63) is 24.3 Å². The van der Waals surface area contributed by atoms with Gasteiger partial charge < -0.3 is 0 Å². The highest BCUT2D eigenvalue weighted by molar-refractivity contribution is 5.06. The molecule has 1 nitrogen and oxygen atoms in total. The molecule has 0 aromatic heterocycles. The molecule has 0 amide bonds. The molecule has 0 aromatic rings. The lowest BCUT2D eigenvalue weighted by Gasteiger charge is -1.84. The lowest BCUT2D eigenvalue weighted by Crippen LogP contribution is -1.78. The molecule has 1 unspecified atom stereocenters. The van der Waals surface area contributed by atoms with E-state index in [4.69, 9.17) is 5.26 Å². The number of allylic oxidation sites excluding steroid dienone is 4. The van der Waals surface area contributed by atoms with Gasteiger partial charge in [-0.25, -0.2) is 0 Å². The third-order valence-electron chi connectivity index (χ3n) is 0.907. The number of nitrogens with zero attached hydrogens (tertiary/aromatic N) is 1. The Hall–Kier alpha value is -1.03. The van der Waals surface area contributed by atoms with E-state index < -0.39 is 0 Å². The van der Waals surface area contributed by atoms with Gasteiger partial charge in [-0.15, -0.1) is 0 Å². The van der Waals surface area contributed by atoms with Crippen molar-refractivity contribution in [3.63, 3.8) is 0 Å². The normalized spacial score (nSPS) is 14.3. The minimum absolute atomic E-state index is 0.0289. The van der Waals surface area contributed by atoms with Gasteiger partial charge in [0.25, 0.3) is 0 Å². The average molecular weight is 121 g/mol. The van der Waals surface area contributed by atoms with E-state index in [2.05, 4.69) is 6.07 Å². The smallest absolute Gasteiger partial charge is 0.0694 e. The summed E-state index contributed by atoms with van der Waals surface area (Å²) < 4.78 is 0. The maximum absolute atomic E-state index is 8.31. The largest absolute Gasteiger partial charge is 0.198 e. The Balaban J connectivity index is 3.60. The summed E-state index contributed by atoms with van der Waals surface area (Å²) in [6.07, 6.45) is 7.59. The van der Waals surface area contributed by atoms with E-state index in [0.29, 0.717) is 0 Å². The second-order valence-electron chi connectivity index (χ2n) is 1.83. The fourth-order valence-corrected chi connectivity index (χ4v) is 0.385. The monoisotopic (exact) mass is 121 g/mol. The van der Waals surface area contributed by atoms with Crippen LogP contribution >= 0.6 is 0 Å². The molecule has 0 spiro atoms. The lowest BCUT2D eigenvalue weighted by atomic mass is 10.2. The summed E-state index contributed by atoms with van der Waals surface area (Å²) in [5, 5.41) is 8.31. The van der Waals surface area contributed by atoms with Crippen LogP contribution in [0.5, 0.6) is 0 Å². The van der Waals surface area contributed by atoms with E-state index in [1.807, 2.05) is 38.2 Å². The van der Waals surface area contributed by atoms with Crippen molar-refractivity contribution in [2.75, 3.05) is 0 Å². The number of hydrogen-bond acceptors (Lipinski definition) is 1. The Morgan fingerprint density at radius 2 is 2.11 bits per heavy atom. The van der Waals surface area contributed by atoms with Crippen molar-refractivity contribution in [1.82, 2.24) is 0 Å². The number of rotatable bonds is 2. The lowest BCUT2D eigenvalue weighted by molar-refractivity contribution is 0.957. The first-order valence-electron chi connectivity index (χ1n) is 3.00. The SMILES string of the molecule is C/C=C\C=C/C(C)C#N. The summed E-state index contributed by atoms with van der Waals surface area (Å²) in [7, 11) is 0. The van der Waals surface area contributed by atoms with Crippen molar-refractivity contribution in [2.45, 2.75) is 13.8 Å². The van der Waals surface area contributed by atoms with Crippen LogP contribution in [0.2, 0.25) is 0 Å². The van der Waals surface area contributed by atoms with Crippen molar-refractivity contribution in [1.29, 1.82) is 5.26 Å². The molecule has 0 N–H and O–H groups in total. The molecule has 0 rings (SSSR count). The van der Waals surface area contributed by atoms with E-state index in [1.54, 1.807) is 0 Å². The molecule has 0 aliphatic rings. The van der Waals surface area contributed by atoms with Gasteiger partial charge in [0, 0.05) is 0 Å². The van der Waals surface area contributed by atoms with Gasteiger partial charge in [0.15, 0.2) is 0 Å². The zero-order chi connectivity index (χ0) is 7.11. The molecule has 0 aromatic carbocycles. The van der Waals surface area contributed by atoms with Gasteiger partial charge >= 0.3 is 0 Å². The third kappa shape index (κ3) is 4.83. The predicted octanol–water partition coefficient (Wildman–Crippen LogP) is 2.28. The Labute approximate surface area is 56.3 Å². The Kier molecular flexibility index (Phi) is 4.53. The Morgan fingerprint density at radius 3 is 2.56 bits per heavy atom. The number of nitriles is 1. The number of hydrogen-bond donors (Lipinski definition) is 0. The topological polar surface area (TPSA) is 23.8 Å². The predicted molar refractivity (Wildman–Crippen MR) is 38.7 cm³/mol. The summed E-state index contributed by atoms with van der Waals surface area (Å²) in [5.74, 6) is 0.0289. The molecule has 0 bridgehead atoms. The van der Waals surface area contributed by atoms with Gasteiger partial charge in [-0.3, -0.25) is 0 Å². The first kappa shape index (κ1) is 7.97. The Morgan fingerprint density at radius 1 is 1.44 bits per heavy atom. The van der Waals surface area contributed by atoms with Crippen molar-refractivity contribution >= 4 is 0 Å². The molecule has 1 atom stereocenters. The molecular formula is C8H11N. The fraction of sp³-hybridized carbons (Fsp3) is 0.375. The maximum atomic E-state index is 8.31. The molecular weight excluding hydrogens is 110 g/mol. The van der Waals surface area contributed by atoms with Gasteiger partial charge in [-0.2, -0.15) is 5.26 Å². The minimum atomic E-state index is 0.0289. The second kappa shape index (κ2) is 5.11. The minimum Gasteiger partial charge on any atom is -0.198 e. The molecule has 9 heavy (non-hydrogen) atoms. The maximum Gasteiger partial charge on any atom is 0.0694 e. The van der Waals surface area contributed by atoms with Gasteiger partial charge in [0.05, 0.1) is 12.0 Å². The highest BCUT2D eigenvalue weighted by atomic mass is 14.2. The molecule has 0 radical (unpaired) electrons. The van der Waals surface area contributed by atoms with Crippen LogP contribution in [0.1, 0.15) is 13.8 Å². The van der Waals surface area contributed by atoms with Crippen LogP contribution < -0.4 is 0 Å². The van der Waals surface area contributed by atoms with Crippen LogP contribution in [0.4, 0.5) is 0 Å². The van der Waals surface area contributed by atoms with Gasteiger partial charge in [0.1, 0.15) is 0 Å². The first-order chi connectivity index (χ1) is 4.31. The zero-order valence-corrected chi connectivity index (χ0v) is 5.83. The molecule has 0 heterocycles. The van der Waals surface area contributed by atoms with Crippen molar-refractivity contribution in [2.24, 2.45) is 5.92 Å². The van der Waals surface area contributed by atoms with Gasteiger partial charge in [-0.1, -0.05) is 24.3 Å². The van der Waals surface area contributed by atoms with E-state index in [1.165, 1.54) is 0 Å². The van der Waals surface area contributed by atoms with Crippen LogP contribution in [-0.4, -0.2) is 0 Å². The van der Waals surface area contributed by atoms with Crippen LogP contribution in [-0.2, 0) is 0 Å². The molecule has 0 saturated heterocycles. The fourth-order valence-electron chi connectivity index (χ4n) is 0.385. The highest BCUT2D eigenvalue weighted by Gasteiger charge is 1.86. The molecule has 0 aliphatic carbocycles. The molecule has 0 aliphatic heterocycles. The van der Waals surface area contributed by atoms with E-state index in [0.717, 1.165) is 0 Å². The first-order valence-corrected chi connectivity index (χ1v) is 3.00. The second-order valence-corrected chi connectivity index (χ2v) is 1.83. The Bertz CT molecular complexity index is 148. The standard InChI is InChI=1S/C8H11N/c1-3-4-5-6-8(2)7-9/h3-6,8H,1-2H3/b4-3-,6-5-. The zero-order valence-electron chi connectivity index (χ0n) is 5.83. The molecule has 0 saturated carbocycles. The molecule has 0 fully saturated rings. The van der Waals surface area contributed by atoms with Crippen LogP contribution in [0.3, 0.4) is 0 Å². The van der Waals surface area contributed by atoms with E-state index >= 15 is 0 Å². The average Bonchev–Trinajstić information content (AvgIpc) is 1.89. The van der Waals surface area contributed by atoms with Crippen molar-refractivity contribution < 1.29 is 0 Å². The van der Waals surface area contributed by atoms with E-state index in [-0.39, 0.29) is 5.92 Å². The third-order valence-corrected chi connectivity index (χ3v) is 0.907. The van der Waals surface area contributed by atoms with Gasteiger partial charge in [-0.05, 0) is 13.8 Å². The summed E-state index contributed by atoms with van der Waals surface area (Å²) >= 11 is 0. The van der Waals surface area contributed by atoms with Crippen LogP contribution in [0.15, 0.2) is 24.3 Å². The summed E-state index contributed by atoms with van der Waals surface area (Å²) in [5.41, 5.74) is 0. The summed E-state index contributed by atoms with van der Waals surface area (Å²) in [6, 6.07) is 2.10. The summed E-state index contributed by atoms with van der Waals surface area (Å²) in [6.45, 7) is 3.81. The van der Waals surface area contributed by atoms with Crippen molar-refractivity contribution in [3.8, 4) is 6.07 Å². The van der Waals surface area contributed by atoms with E-state index in [9.17, 15) is 0 Å². The van der Waals surface area contributed by atoms with Crippen LogP contribution in [0.25, 0.3) is 0 Å². The highest BCUT2D eigenvalue weighted by Crippen LogP contribution is 1.92.